The summed E-state index contributed by atoms with van der Waals surface area (Å²) in [6.45, 7) is 12.0. The van der Waals surface area contributed by atoms with Crippen LogP contribution in [0.4, 0.5) is 4.79 Å². The molecule has 0 aliphatic carbocycles. The second kappa shape index (κ2) is 13.1. The van der Waals surface area contributed by atoms with Crippen molar-refractivity contribution < 1.29 is 19.1 Å². The van der Waals surface area contributed by atoms with Crippen LogP contribution >= 0.6 is 0 Å². The summed E-state index contributed by atoms with van der Waals surface area (Å²) in [5.74, 6) is 0.476. The monoisotopic (exact) mass is 535 g/mol. The van der Waals surface area contributed by atoms with E-state index in [1.165, 1.54) is 11.1 Å². The lowest BCUT2D eigenvalue weighted by Crippen LogP contribution is -2.50. The molecule has 1 unspecified atom stereocenters. The number of methoxy groups -OCH3 is 1. The van der Waals surface area contributed by atoms with Gasteiger partial charge in [-0.25, -0.2) is 9.80 Å². The van der Waals surface area contributed by atoms with Gasteiger partial charge in [0, 0.05) is 44.2 Å². The van der Waals surface area contributed by atoms with Gasteiger partial charge in [0.2, 0.25) is 0 Å². The molecule has 2 aliphatic heterocycles. The van der Waals surface area contributed by atoms with Crippen molar-refractivity contribution in [3.05, 3.63) is 64.7 Å². The predicted octanol–water partition coefficient (Wildman–Crippen LogP) is 3.74. The van der Waals surface area contributed by atoms with Crippen LogP contribution in [0, 0.1) is 13.8 Å². The van der Waals surface area contributed by atoms with Crippen LogP contribution in [0.15, 0.2) is 47.6 Å². The number of para-hydroxylation sites is 1. The van der Waals surface area contributed by atoms with Crippen molar-refractivity contribution in [2.45, 2.75) is 46.2 Å². The van der Waals surface area contributed by atoms with Gasteiger partial charge in [0.15, 0.2) is 0 Å². The van der Waals surface area contributed by atoms with Crippen molar-refractivity contribution >= 4 is 17.6 Å². The fourth-order valence-electron chi connectivity index (χ4n) is 4.93. The Labute approximate surface area is 231 Å². The molecule has 1 atom stereocenters. The van der Waals surface area contributed by atoms with Gasteiger partial charge in [-0.2, -0.15) is 5.10 Å². The summed E-state index contributed by atoms with van der Waals surface area (Å²) >= 11 is 0. The molecule has 9 heteroatoms. The Hall–Kier alpha value is -3.43. The van der Waals surface area contributed by atoms with Crippen molar-refractivity contribution in [2.75, 3.05) is 53.0 Å². The fourth-order valence-corrected chi connectivity index (χ4v) is 4.93. The minimum absolute atomic E-state index is 0.0407. The second-order valence-electron chi connectivity index (χ2n) is 10.5. The smallest absolute Gasteiger partial charge is 0.318 e. The van der Waals surface area contributed by atoms with Gasteiger partial charge >= 0.3 is 6.03 Å². The summed E-state index contributed by atoms with van der Waals surface area (Å²) < 4.78 is 11.1. The third kappa shape index (κ3) is 7.16. The zero-order chi connectivity index (χ0) is 27.9. The SMILES string of the molecule is COc1ccccc1C1CC(c2ccc(C)c(C)c2)=NN1C(=O)CN(CCN1CCOCC1)C(=O)NC(C)C. The Bertz CT molecular complexity index is 1190. The van der Waals surface area contributed by atoms with Crippen LogP contribution in [0.2, 0.25) is 0 Å². The molecule has 0 bridgehead atoms. The average Bonchev–Trinajstić information content (AvgIpc) is 3.38. The molecule has 2 aromatic rings. The highest BCUT2D eigenvalue weighted by Crippen LogP contribution is 2.37. The Morgan fingerprint density at radius 1 is 1.13 bits per heavy atom. The molecular formula is C30H41N5O4. The zero-order valence-corrected chi connectivity index (χ0v) is 23.8. The normalized spacial score (nSPS) is 17.7. The van der Waals surface area contributed by atoms with E-state index in [2.05, 4.69) is 42.3 Å². The van der Waals surface area contributed by atoms with Gasteiger partial charge in [0.05, 0.1) is 32.1 Å². The van der Waals surface area contributed by atoms with Crippen molar-refractivity contribution in [2.24, 2.45) is 5.10 Å². The number of nitrogens with one attached hydrogen (secondary N) is 1. The molecule has 1 fully saturated rings. The first-order valence-corrected chi connectivity index (χ1v) is 13.7. The van der Waals surface area contributed by atoms with Crippen LogP contribution in [0.1, 0.15) is 48.6 Å². The first kappa shape index (κ1) is 28.6. The number of benzene rings is 2. The molecule has 2 aliphatic rings. The molecule has 39 heavy (non-hydrogen) atoms. The number of carbonyl (C=O) groups is 2. The number of nitrogens with zero attached hydrogens (tertiary/aromatic N) is 4. The van der Waals surface area contributed by atoms with E-state index in [-0.39, 0.29) is 30.6 Å². The second-order valence-corrected chi connectivity index (χ2v) is 10.5. The molecule has 2 heterocycles. The molecule has 2 aromatic carbocycles. The highest BCUT2D eigenvalue weighted by molar-refractivity contribution is 6.03. The number of rotatable bonds is 9. The summed E-state index contributed by atoms with van der Waals surface area (Å²) in [6, 6.07) is 13.4. The van der Waals surface area contributed by atoms with E-state index in [9.17, 15) is 9.59 Å². The lowest BCUT2D eigenvalue weighted by atomic mass is 9.96. The van der Waals surface area contributed by atoms with Crippen LogP contribution in [-0.4, -0.2) is 91.5 Å². The molecule has 0 saturated carbocycles. The highest BCUT2D eigenvalue weighted by Gasteiger charge is 2.36. The number of hydrogen-bond donors (Lipinski definition) is 1. The van der Waals surface area contributed by atoms with Gasteiger partial charge in [-0.1, -0.05) is 30.3 Å². The molecule has 1 saturated heterocycles. The molecule has 1 N–H and O–H groups in total. The summed E-state index contributed by atoms with van der Waals surface area (Å²) in [7, 11) is 1.63. The van der Waals surface area contributed by atoms with Crippen LogP contribution < -0.4 is 10.1 Å². The lowest BCUT2D eigenvalue weighted by molar-refractivity contribution is -0.133. The largest absolute Gasteiger partial charge is 0.496 e. The van der Waals surface area contributed by atoms with Gasteiger partial charge in [0.25, 0.3) is 5.91 Å². The minimum atomic E-state index is -0.334. The Kier molecular flexibility index (Phi) is 9.59. The first-order valence-electron chi connectivity index (χ1n) is 13.7. The maximum absolute atomic E-state index is 13.9. The minimum Gasteiger partial charge on any atom is -0.496 e. The van der Waals surface area contributed by atoms with Crippen LogP contribution in [0.3, 0.4) is 0 Å². The lowest BCUT2D eigenvalue weighted by Gasteiger charge is -2.31. The molecule has 4 rings (SSSR count). The van der Waals surface area contributed by atoms with E-state index in [0.717, 1.165) is 29.9 Å². The van der Waals surface area contributed by atoms with Gasteiger partial charge in [-0.15, -0.1) is 0 Å². The van der Waals surface area contributed by atoms with Crippen LogP contribution in [0.5, 0.6) is 5.75 Å². The number of morpholine rings is 1. The van der Waals surface area contributed by atoms with E-state index in [0.29, 0.717) is 38.5 Å². The number of amides is 3. The molecule has 0 radical (unpaired) electrons. The summed E-state index contributed by atoms with van der Waals surface area (Å²) in [6.07, 6.45) is 0.556. The van der Waals surface area contributed by atoms with E-state index < -0.39 is 0 Å². The number of hydrogen-bond acceptors (Lipinski definition) is 6. The standard InChI is InChI=1S/C30H41N5O4/c1-21(2)31-30(37)34(13-12-33-14-16-39-17-15-33)20-29(36)35-27(25-8-6-7-9-28(25)38-5)19-26(32-35)24-11-10-22(3)23(4)18-24/h6-11,18,21,27H,12-17,19-20H2,1-5H3,(H,31,37). The summed E-state index contributed by atoms with van der Waals surface area (Å²) in [5.41, 5.74) is 5.11. The van der Waals surface area contributed by atoms with Crippen LogP contribution in [-0.2, 0) is 9.53 Å². The molecule has 0 spiro atoms. The number of ether oxygens (including phenoxy) is 2. The van der Waals surface area contributed by atoms with Crippen molar-refractivity contribution in [3.63, 3.8) is 0 Å². The van der Waals surface area contributed by atoms with Gasteiger partial charge in [-0.3, -0.25) is 9.69 Å². The summed E-state index contributed by atoms with van der Waals surface area (Å²) in [5, 5.41) is 9.34. The van der Waals surface area contributed by atoms with Crippen molar-refractivity contribution in [1.29, 1.82) is 0 Å². The highest BCUT2D eigenvalue weighted by atomic mass is 16.5. The van der Waals surface area contributed by atoms with E-state index in [4.69, 9.17) is 14.6 Å². The maximum Gasteiger partial charge on any atom is 0.318 e. The van der Waals surface area contributed by atoms with Gasteiger partial charge in [0.1, 0.15) is 12.3 Å². The summed E-state index contributed by atoms with van der Waals surface area (Å²) in [4.78, 5) is 30.9. The Balaban J connectivity index is 1.60. The van der Waals surface area contributed by atoms with E-state index in [1.54, 1.807) is 17.0 Å². The van der Waals surface area contributed by atoms with Gasteiger partial charge < -0.3 is 19.7 Å². The third-order valence-electron chi connectivity index (χ3n) is 7.32. The predicted molar refractivity (Wildman–Crippen MR) is 152 cm³/mol. The van der Waals surface area contributed by atoms with Gasteiger partial charge in [-0.05, 0) is 56.5 Å². The molecule has 3 amide bonds. The maximum atomic E-state index is 13.9. The Morgan fingerprint density at radius 2 is 1.87 bits per heavy atom. The number of hydrazone groups is 1. The van der Waals surface area contributed by atoms with E-state index >= 15 is 0 Å². The molecule has 9 nitrogen and oxygen atoms in total. The Morgan fingerprint density at radius 3 is 2.56 bits per heavy atom. The number of aryl methyl sites for hydroxylation is 2. The van der Waals surface area contributed by atoms with Crippen molar-refractivity contribution in [3.8, 4) is 5.75 Å². The average molecular weight is 536 g/mol. The molecule has 0 aromatic heterocycles. The number of urea groups is 1. The zero-order valence-electron chi connectivity index (χ0n) is 23.8. The quantitative estimate of drug-likeness (QED) is 0.529. The molecular weight excluding hydrogens is 494 g/mol. The fraction of sp³-hybridized carbons (Fsp3) is 0.500. The van der Waals surface area contributed by atoms with Crippen LogP contribution in [0.25, 0.3) is 0 Å². The van der Waals surface area contributed by atoms with Crippen molar-refractivity contribution in [1.82, 2.24) is 20.1 Å². The number of carbonyl (C=O) groups excluding carboxylic acids is 2. The third-order valence-corrected chi connectivity index (χ3v) is 7.32. The molecule has 210 valence electrons. The first-order chi connectivity index (χ1) is 18.8. The topological polar surface area (TPSA) is 86.7 Å². The van der Waals surface area contributed by atoms with E-state index in [1.807, 2.05) is 38.1 Å².